The summed E-state index contributed by atoms with van der Waals surface area (Å²) in [5, 5.41) is 0. The van der Waals surface area contributed by atoms with E-state index < -0.39 is 12.3 Å². The first-order valence-electron chi connectivity index (χ1n) is 7.68. The minimum atomic E-state index is -0.630. The number of ether oxygens (including phenoxy) is 4. The molecule has 0 radical (unpaired) electrons. The topological polar surface area (TPSA) is 71.1 Å². The van der Waals surface area contributed by atoms with Crippen LogP contribution in [-0.2, 0) is 18.9 Å². The van der Waals surface area contributed by atoms with Gasteiger partial charge in [0.25, 0.3) is 0 Å². The maximum atomic E-state index is 11.5. The lowest BCUT2D eigenvalue weighted by Crippen LogP contribution is -2.30. The predicted molar refractivity (Wildman–Crippen MR) is 76.0 cm³/mol. The van der Waals surface area contributed by atoms with Gasteiger partial charge in [0.2, 0.25) is 0 Å². The molecule has 0 saturated heterocycles. The van der Waals surface area contributed by atoms with Gasteiger partial charge >= 0.3 is 12.3 Å². The lowest BCUT2D eigenvalue weighted by atomic mass is 9.95. The zero-order valence-electron chi connectivity index (χ0n) is 13.1. The average molecular weight is 302 g/mol. The first-order chi connectivity index (χ1) is 10.0. The maximum Gasteiger partial charge on any atom is 0.508 e. The van der Waals surface area contributed by atoms with Crippen molar-refractivity contribution in [1.29, 1.82) is 0 Å². The van der Waals surface area contributed by atoms with Crippen molar-refractivity contribution in [2.24, 2.45) is 5.92 Å². The summed E-state index contributed by atoms with van der Waals surface area (Å²) in [6, 6.07) is 0. The number of carbonyl (C=O) groups is 2. The molecule has 1 rings (SSSR count). The van der Waals surface area contributed by atoms with Gasteiger partial charge in [-0.25, -0.2) is 9.59 Å². The van der Waals surface area contributed by atoms with E-state index in [1.165, 1.54) is 0 Å². The summed E-state index contributed by atoms with van der Waals surface area (Å²) in [5.41, 5.74) is 0. The largest absolute Gasteiger partial charge is 0.508 e. The van der Waals surface area contributed by atoms with Crippen LogP contribution in [0.15, 0.2) is 0 Å². The Hall–Kier alpha value is -1.46. The molecule has 0 spiro atoms. The van der Waals surface area contributed by atoms with Crippen LogP contribution in [0.1, 0.15) is 52.9 Å². The van der Waals surface area contributed by atoms with Crippen LogP contribution in [0, 0.1) is 5.92 Å². The van der Waals surface area contributed by atoms with Crippen molar-refractivity contribution < 1.29 is 28.5 Å². The normalized spacial score (nSPS) is 21.7. The highest BCUT2D eigenvalue weighted by molar-refractivity contribution is 5.60. The fourth-order valence-electron chi connectivity index (χ4n) is 2.10. The molecule has 1 saturated carbocycles. The number of hydrogen-bond acceptors (Lipinski definition) is 6. The van der Waals surface area contributed by atoms with E-state index in [0.29, 0.717) is 44.8 Å². The molecule has 21 heavy (non-hydrogen) atoms. The Balaban J connectivity index is 2.15. The summed E-state index contributed by atoms with van der Waals surface area (Å²) in [6.45, 7) is 6.56. The Morgan fingerprint density at radius 2 is 1.43 bits per heavy atom. The van der Waals surface area contributed by atoms with Gasteiger partial charge in [0.15, 0.2) is 0 Å². The Morgan fingerprint density at radius 1 is 0.952 bits per heavy atom. The van der Waals surface area contributed by atoms with E-state index in [1.54, 1.807) is 6.92 Å². The highest BCUT2D eigenvalue weighted by atomic mass is 16.7. The maximum absolute atomic E-state index is 11.5. The fourth-order valence-corrected chi connectivity index (χ4v) is 2.10. The monoisotopic (exact) mass is 302 g/mol. The molecule has 1 aliphatic rings. The van der Waals surface area contributed by atoms with E-state index in [4.69, 9.17) is 18.9 Å². The van der Waals surface area contributed by atoms with Crippen LogP contribution in [0.5, 0.6) is 0 Å². The molecule has 0 aromatic heterocycles. The van der Waals surface area contributed by atoms with E-state index >= 15 is 0 Å². The van der Waals surface area contributed by atoms with Gasteiger partial charge < -0.3 is 18.9 Å². The second-order valence-electron chi connectivity index (χ2n) is 5.60. The van der Waals surface area contributed by atoms with E-state index in [9.17, 15) is 9.59 Å². The minimum absolute atomic E-state index is 0.152. The molecule has 6 heteroatoms. The Labute approximate surface area is 126 Å². The van der Waals surface area contributed by atoms with Crippen molar-refractivity contribution in [3.63, 3.8) is 0 Å². The summed E-state index contributed by atoms with van der Waals surface area (Å²) < 4.78 is 20.1. The highest BCUT2D eigenvalue weighted by Crippen LogP contribution is 2.24. The third kappa shape index (κ3) is 7.78. The first-order valence-corrected chi connectivity index (χ1v) is 7.68. The summed E-state index contributed by atoms with van der Waals surface area (Å²) in [5.74, 6) is 0.494. The quantitative estimate of drug-likeness (QED) is 0.697. The number of hydrogen-bond donors (Lipinski definition) is 0. The van der Waals surface area contributed by atoms with E-state index in [1.807, 2.05) is 0 Å². The van der Waals surface area contributed by atoms with Crippen molar-refractivity contribution in [2.75, 3.05) is 13.2 Å². The van der Waals surface area contributed by atoms with E-state index in [-0.39, 0.29) is 12.2 Å². The highest BCUT2D eigenvalue weighted by Gasteiger charge is 2.27. The summed E-state index contributed by atoms with van der Waals surface area (Å²) in [6.07, 6.45) is 1.97. The van der Waals surface area contributed by atoms with Crippen LogP contribution in [0.3, 0.4) is 0 Å². The van der Waals surface area contributed by atoms with Crippen molar-refractivity contribution in [3.8, 4) is 0 Å². The van der Waals surface area contributed by atoms with Crippen molar-refractivity contribution in [2.45, 2.75) is 65.1 Å². The molecule has 1 aliphatic carbocycles. The Morgan fingerprint density at radius 3 is 1.86 bits per heavy atom. The average Bonchev–Trinajstić information content (AvgIpc) is 2.41. The zero-order valence-corrected chi connectivity index (χ0v) is 13.1. The molecule has 0 amide bonds. The molecule has 0 N–H and O–H groups in total. The summed E-state index contributed by atoms with van der Waals surface area (Å²) in [4.78, 5) is 22.7. The minimum Gasteiger partial charge on any atom is -0.435 e. The van der Waals surface area contributed by atoms with Gasteiger partial charge in [-0.1, -0.05) is 13.8 Å². The van der Waals surface area contributed by atoms with Crippen LogP contribution in [0.2, 0.25) is 0 Å². The number of carbonyl (C=O) groups excluding carboxylic acids is 2. The molecule has 0 atom stereocenters. The smallest absolute Gasteiger partial charge is 0.435 e. The zero-order chi connectivity index (χ0) is 15.7. The molecule has 0 heterocycles. The molecule has 0 aromatic carbocycles. The summed E-state index contributed by atoms with van der Waals surface area (Å²) >= 11 is 0. The molecule has 0 unspecified atom stereocenters. The summed E-state index contributed by atoms with van der Waals surface area (Å²) in [7, 11) is 0. The van der Waals surface area contributed by atoms with Crippen molar-refractivity contribution in [3.05, 3.63) is 0 Å². The Bertz CT molecular complexity index is 320. The van der Waals surface area contributed by atoms with Gasteiger partial charge in [-0.05, 0) is 44.9 Å². The van der Waals surface area contributed by atoms with E-state index in [0.717, 1.165) is 6.42 Å². The standard InChI is InChI=1S/C15H26O6/c1-4-18-14(16)20-12-5-7-13(8-6-12)21-15(17)19-10-9-11(2)3/h11-13H,4-10H2,1-3H3. The van der Waals surface area contributed by atoms with Gasteiger partial charge in [0.05, 0.1) is 13.2 Å². The lowest BCUT2D eigenvalue weighted by molar-refractivity contribution is -0.0264. The molecular formula is C15H26O6. The second-order valence-corrected chi connectivity index (χ2v) is 5.60. The number of rotatable bonds is 6. The van der Waals surface area contributed by atoms with Gasteiger partial charge in [0, 0.05) is 0 Å². The molecular weight excluding hydrogens is 276 g/mol. The van der Waals surface area contributed by atoms with Gasteiger partial charge in [-0.2, -0.15) is 0 Å². The molecule has 0 aromatic rings. The van der Waals surface area contributed by atoms with Crippen LogP contribution in [0.25, 0.3) is 0 Å². The Kier molecular flexibility index (Phi) is 7.93. The van der Waals surface area contributed by atoms with Crippen LogP contribution < -0.4 is 0 Å². The second kappa shape index (κ2) is 9.47. The van der Waals surface area contributed by atoms with Gasteiger partial charge in [-0.3, -0.25) is 0 Å². The molecule has 0 bridgehead atoms. The lowest BCUT2D eigenvalue weighted by Gasteiger charge is -2.27. The third-order valence-corrected chi connectivity index (χ3v) is 3.32. The SMILES string of the molecule is CCOC(=O)OC1CCC(OC(=O)OCCC(C)C)CC1. The van der Waals surface area contributed by atoms with Crippen molar-refractivity contribution in [1.82, 2.24) is 0 Å². The van der Waals surface area contributed by atoms with E-state index in [2.05, 4.69) is 13.8 Å². The molecule has 1 fully saturated rings. The predicted octanol–water partition coefficient (Wildman–Crippen LogP) is 3.67. The van der Waals surface area contributed by atoms with Gasteiger partial charge in [-0.15, -0.1) is 0 Å². The first kappa shape index (κ1) is 17.6. The van der Waals surface area contributed by atoms with Crippen LogP contribution >= 0.6 is 0 Å². The molecule has 122 valence electrons. The van der Waals surface area contributed by atoms with Gasteiger partial charge in [0.1, 0.15) is 12.2 Å². The fraction of sp³-hybridized carbons (Fsp3) is 0.867. The molecule has 6 nitrogen and oxygen atoms in total. The third-order valence-electron chi connectivity index (χ3n) is 3.32. The van der Waals surface area contributed by atoms with Crippen molar-refractivity contribution >= 4 is 12.3 Å². The molecule has 0 aliphatic heterocycles. The van der Waals surface area contributed by atoms with Crippen LogP contribution in [0.4, 0.5) is 9.59 Å². The van der Waals surface area contributed by atoms with Crippen LogP contribution in [-0.4, -0.2) is 37.7 Å².